The van der Waals surface area contributed by atoms with Gasteiger partial charge >= 0.3 is 5.63 Å². The molecule has 0 saturated carbocycles. The van der Waals surface area contributed by atoms with Crippen LogP contribution in [0.2, 0.25) is 0 Å². The average molecular weight is 337 g/mol. The minimum atomic E-state index is -0.343. The second-order valence-corrected chi connectivity index (χ2v) is 6.09. The van der Waals surface area contributed by atoms with Gasteiger partial charge in [0.25, 0.3) is 0 Å². The summed E-state index contributed by atoms with van der Waals surface area (Å²) in [6.07, 6.45) is 2.12. The molecule has 0 amide bonds. The molecular weight excluding hydrogens is 314 g/mol. The van der Waals surface area contributed by atoms with Gasteiger partial charge in [-0.25, -0.2) is 4.79 Å². The molecule has 2 aromatic carbocycles. The van der Waals surface area contributed by atoms with Crippen LogP contribution in [0.25, 0.3) is 11.0 Å². The van der Waals surface area contributed by atoms with E-state index in [4.69, 9.17) is 9.15 Å². The SMILES string of the molecule is CCC[C@@H](NCc1cc(=O)oc2cc(OC)ccc12)c1ccccc1. The first-order valence-corrected chi connectivity index (χ1v) is 8.60. The van der Waals surface area contributed by atoms with Crippen LogP contribution >= 0.6 is 0 Å². The fourth-order valence-corrected chi connectivity index (χ4v) is 3.08. The Kier molecular flexibility index (Phi) is 5.51. The Hall–Kier alpha value is -2.59. The molecule has 1 heterocycles. The lowest BCUT2D eigenvalue weighted by Gasteiger charge is -2.19. The Balaban J connectivity index is 1.87. The summed E-state index contributed by atoms with van der Waals surface area (Å²) in [5.41, 5.74) is 2.41. The molecule has 0 radical (unpaired) electrons. The Morgan fingerprint density at radius 1 is 1.12 bits per heavy atom. The summed E-state index contributed by atoms with van der Waals surface area (Å²) in [7, 11) is 1.60. The molecule has 4 heteroatoms. The number of hydrogen-bond donors (Lipinski definition) is 1. The molecule has 0 aliphatic heterocycles. The topological polar surface area (TPSA) is 51.5 Å². The standard InChI is InChI=1S/C21H23NO3/c1-3-7-19(15-8-5-4-6-9-15)22-14-16-12-21(23)25-20-13-17(24-2)10-11-18(16)20/h4-6,8-13,19,22H,3,7,14H2,1-2H3/t19-/m1/s1. The molecule has 0 spiro atoms. The zero-order valence-corrected chi connectivity index (χ0v) is 14.6. The molecule has 0 unspecified atom stereocenters. The normalized spacial score (nSPS) is 12.2. The molecule has 0 aliphatic carbocycles. The summed E-state index contributed by atoms with van der Waals surface area (Å²) in [5.74, 6) is 0.675. The summed E-state index contributed by atoms with van der Waals surface area (Å²) in [5, 5.41) is 4.52. The zero-order valence-electron chi connectivity index (χ0n) is 14.6. The predicted octanol–water partition coefficient (Wildman–Crippen LogP) is 4.43. The van der Waals surface area contributed by atoms with E-state index in [0.717, 1.165) is 23.8 Å². The maximum absolute atomic E-state index is 11.9. The van der Waals surface area contributed by atoms with Crippen LogP contribution in [-0.2, 0) is 6.54 Å². The van der Waals surface area contributed by atoms with E-state index in [1.54, 1.807) is 19.2 Å². The number of fused-ring (bicyclic) bond motifs is 1. The smallest absolute Gasteiger partial charge is 0.336 e. The summed E-state index contributed by atoms with van der Waals surface area (Å²) >= 11 is 0. The Morgan fingerprint density at radius 3 is 2.64 bits per heavy atom. The fraction of sp³-hybridized carbons (Fsp3) is 0.286. The van der Waals surface area contributed by atoms with E-state index in [1.807, 2.05) is 18.2 Å². The summed E-state index contributed by atoms with van der Waals surface area (Å²) in [6.45, 7) is 2.78. The van der Waals surface area contributed by atoms with Gasteiger partial charge in [-0.05, 0) is 29.7 Å². The maximum Gasteiger partial charge on any atom is 0.336 e. The van der Waals surface area contributed by atoms with Gasteiger partial charge in [0.05, 0.1) is 7.11 Å². The van der Waals surface area contributed by atoms with Crippen LogP contribution in [0.4, 0.5) is 0 Å². The van der Waals surface area contributed by atoms with Crippen molar-refractivity contribution in [1.29, 1.82) is 0 Å². The van der Waals surface area contributed by atoms with E-state index in [2.05, 4.69) is 36.5 Å². The molecule has 4 nitrogen and oxygen atoms in total. The monoisotopic (exact) mass is 337 g/mol. The van der Waals surface area contributed by atoms with Crippen molar-refractivity contribution >= 4 is 11.0 Å². The minimum Gasteiger partial charge on any atom is -0.497 e. The van der Waals surface area contributed by atoms with Crippen molar-refractivity contribution in [3.8, 4) is 5.75 Å². The van der Waals surface area contributed by atoms with Gasteiger partial charge in [-0.3, -0.25) is 0 Å². The lowest BCUT2D eigenvalue weighted by Crippen LogP contribution is -2.21. The number of ether oxygens (including phenoxy) is 1. The number of rotatable bonds is 7. The lowest BCUT2D eigenvalue weighted by molar-refractivity contribution is 0.414. The Bertz CT molecular complexity index is 887. The van der Waals surface area contributed by atoms with Gasteiger partial charge in [0, 0.05) is 30.1 Å². The van der Waals surface area contributed by atoms with Gasteiger partial charge < -0.3 is 14.5 Å². The van der Waals surface area contributed by atoms with Crippen molar-refractivity contribution in [2.24, 2.45) is 0 Å². The molecule has 0 fully saturated rings. The van der Waals surface area contributed by atoms with Crippen LogP contribution in [0.15, 0.2) is 63.8 Å². The van der Waals surface area contributed by atoms with Crippen molar-refractivity contribution in [1.82, 2.24) is 5.32 Å². The van der Waals surface area contributed by atoms with Crippen LogP contribution < -0.4 is 15.7 Å². The second-order valence-electron chi connectivity index (χ2n) is 6.09. The fourth-order valence-electron chi connectivity index (χ4n) is 3.08. The first kappa shape index (κ1) is 17.2. The lowest BCUT2D eigenvalue weighted by atomic mass is 10.0. The molecule has 1 aromatic heterocycles. The first-order valence-electron chi connectivity index (χ1n) is 8.60. The molecule has 3 rings (SSSR count). The Labute approximate surface area is 147 Å². The summed E-state index contributed by atoms with van der Waals surface area (Å²) in [6, 6.07) is 17.8. The Morgan fingerprint density at radius 2 is 1.92 bits per heavy atom. The van der Waals surface area contributed by atoms with Gasteiger partial charge in [0.2, 0.25) is 0 Å². The van der Waals surface area contributed by atoms with E-state index in [9.17, 15) is 4.79 Å². The van der Waals surface area contributed by atoms with Gasteiger partial charge in [-0.2, -0.15) is 0 Å². The highest BCUT2D eigenvalue weighted by Crippen LogP contribution is 2.24. The van der Waals surface area contributed by atoms with Gasteiger partial charge in [-0.15, -0.1) is 0 Å². The number of benzene rings is 2. The highest BCUT2D eigenvalue weighted by Gasteiger charge is 2.12. The summed E-state index contributed by atoms with van der Waals surface area (Å²) in [4.78, 5) is 11.9. The summed E-state index contributed by atoms with van der Waals surface area (Å²) < 4.78 is 10.5. The van der Waals surface area contributed by atoms with Crippen LogP contribution in [0, 0.1) is 0 Å². The molecule has 0 aliphatic rings. The molecule has 25 heavy (non-hydrogen) atoms. The molecule has 130 valence electrons. The van der Waals surface area contributed by atoms with E-state index in [-0.39, 0.29) is 11.7 Å². The number of nitrogens with one attached hydrogen (secondary N) is 1. The van der Waals surface area contributed by atoms with Crippen molar-refractivity contribution < 1.29 is 9.15 Å². The van der Waals surface area contributed by atoms with Crippen molar-refractivity contribution in [3.05, 3.63) is 76.1 Å². The largest absolute Gasteiger partial charge is 0.497 e. The molecule has 1 N–H and O–H groups in total. The molecule has 0 saturated heterocycles. The van der Waals surface area contributed by atoms with Crippen molar-refractivity contribution in [2.75, 3.05) is 7.11 Å². The van der Waals surface area contributed by atoms with Gasteiger partial charge in [0.15, 0.2) is 0 Å². The van der Waals surface area contributed by atoms with Gasteiger partial charge in [0.1, 0.15) is 11.3 Å². The van der Waals surface area contributed by atoms with Crippen molar-refractivity contribution in [3.63, 3.8) is 0 Å². The van der Waals surface area contributed by atoms with E-state index < -0.39 is 0 Å². The van der Waals surface area contributed by atoms with Crippen LogP contribution in [0.1, 0.15) is 36.9 Å². The third-order valence-corrected chi connectivity index (χ3v) is 4.36. The van der Waals surface area contributed by atoms with E-state index >= 15 is 0 Å². The second kappa shape index (κ2) is 7.99. The number of hydrogen-bond acceptors (Lipinski definition) is 4. The molecule has 0 bridgehead atoms. The highest BCUT2D eigenvalue weighted by atomic mass is 16.5. The highest BCUT2D eigenvalue weighted by molar-refractivity contribution is 5.81. The van der Waals surface area contributed by atoms with Crippen molar-refractivity contribution in [2.45, 2.75) is 32.4 Å². The number of methoxy groups -OCH3 is 1. The first-order chi connectivity index (χ1) is 12.2. The average Bonchev–Trinajstić information content (AvgIpc) is 2.64. The third kappa shape index (κ3) is 4.09. The van der Waals surface area contributed by atoms with Crippen LogP contribution in [0.5, 0.6) is 5.75 Å². The van der Waals surface area contributed by atoms with Crippen LogP contribution in [-0.4, -0.2) is 7.11 Å². The van der Waals surface area contributed by atoms with Crippen LogP contribution in [0.3, 0.4) is 0 Å². The maximum atomic E-state index is 11.9. The third-order valence-electron chi connectivity index (χ3n) is 4.36. The quantitative estimate of drug-likeness (QED) is 0.648. The predicted molar refractivity (Wildman–Crippen MR) is 100.0 cm³/mol. The molecular formula is C21H23NO3. The minimum absolute atomic E-state index is 0.256. The zero-order chi connectivity index (χ0) is 17.6. The molecule has 3 aromatic rings. The van der Waals surface area contributed by atoms with E-state index in [1.165, 1.54) is 5.56 Å². The molecule has 1 atom stereocenters. The van der Waals surface area contributed by atoms with Gasteiger partial charge in [-0.1, -0.05) is 43.7 Å². The van der Waals surface area contributed by atoms with E-state index in [0.29, 0.717) is 17.9 Å².